The minimum atomic E-state index is -0.414. The third-order valence-electron chi connectivity index (χ3n) is 0.813. The molecule has 0 radical (unpaired) electrons. The van der Waals surface area contributed by atoms with Crippen molar-refractivity contribution in [2.24, 2.45) is 0 Å². The zero-order chi connectivity index (χ0) is 7.82. The second-order valence-corrected chi connectivity index (χ2v) is 3.14. The van der Waals surface area contributed by atoms with Crippen molar-refractivity contribution in [3.8, 4) is 0 Å². The number of hydrogen-bond acceptors (Lipinski definition) is 4. The molecule has 0 aromatic carbocycles. The van der Waals surface area contributed by atoms with Crippen molar-refractivity contribution in [1.82, 2.24) is 0 Å². The van der Waals surface area contributed by atoms with E-state index in [0.717, 1.165) is 0 Å². The van der Waals surface area contributed by atoms with E-state index in [9.17, 15) is 0 Å². The van der Waals surface area contributed by atoms with E-state index in [1.807, 2.05) is 0 Å². The fourth-order valence-corrected chi connectivity index (χ4v) is 1.21. The van der Waals surface area contributed by atoms with E-state index < -0.39 is 6.10 Å². The van der Waals surface area contributed by atoms with Crippen LogP contribution in [0.3, 0.4) is 0 Å². The maximum Gasteiger partial charge on any atom is 0.0872 e. The Morgan fingerprint density at radius 2 is 2.50 bits per heavy atom. The second kappa shape index (κ2) is 7.47. The van der Waals surface area contributed by atoms with E-state index in [2.05, 4.69) is 18.2 Å². The first kappa shape index (κ1) is 10.4. The monoisotopic (exact) mass is 180 g/mol. The smallest absolute Gasteiger partial charge is 0.0872 e. The molecule has 4 heteroatoms. The molecule has 0 rings (SSSR count). The summed E-state index contributed by atoms with van der Waals surface area (Å²) >= 11 is 3.89. The lowest BCUT2D eigenvalue weighted by atomic mass is 10.4. The lowest BCUT2D eigenvalue weighted by Crippen LogP contribution is -2.17. The van der Waals surface area contributed by atoms with Gasteiger partial charge in [0, 0.05) is 5.75 Å². The van der Waals surface area contributed by atoms with Crippen molar-refractivity contribution >= 4 is 22.5 Å². The number of hydrogen-bond donors (Lipinski definition) is 2. The van der Waals surface area contributed by atoms with Gasteiger partial charge in [0.2, 0.25) is 0 Å². The summed E-state index contributed by atoms with van der Waals surface area (Å²) in [6, 6.07) is 0. The van der Waals surface area contributed by atoms with Crippen molar-refractivity contribution in [1.29, 1.82) is 0 Å². The summed E-state index contributed by atoms with van der Waals surface area (Å²) < 4.78 is 4.98. The fourth-order valence-electron chi connectivity index (χ4n) is 0.422. The molecule has 0 spiro atoms. The maximum atomic E-state index is 9.05. The first-order chi connectivity index (χ1) is 4.81. The van der Waals surface area contributed by atoms with Crippen molar-refractivity contribution < 1.29 is 9.84 Å². The SMILES string of the molecule is C=CCOCC(O)CSS. The zero-order valence-electron chi connectivity index (χ0n) is 5.69. The molecule has 60 valence electrons. The predicted molar refractivity (Wildman–Crippen MR) is 48.5 cm³/mol. The first-order valence-corrected chi connectivity index (χ1v) is 4.98. The van der Waals surface area contributed by atoms with Crippen LogP contribution in [0.25, 0.3) is 0 Å². The Morgan fingerprint density at radius 3 is 3.00 bits per heavy atom. The largest absolute Gasteiger partial charge is 0.390 e. The first-order valence-electron chi connectivity index (χ1n) is 2.94. The Balaban J connectivity index is 3.04. The highest BCUT2D eigenvalue weighted by Gasteiger charge is 2.01. The van der Waals surface area contributed by atoms with Crippen LogP contribution in [0.2, 0.25) is 0 Å². The minimum Gasteiger partial charge on any atom is -0.390 e. The van der Waals surface area contributed by atoms with Gasteiger partial charge in [-0.2, -0.15) is 0 Å². The summed E-state index contributed by atoms with van der Waals surface area (Å²) in [6.07, 6.45) is 1.24. The van der Waals surface area contributed by atoms with Gasteiger partial charge in [-0.25, -0.2) is 0 Å². The van der Waals surface area contributed by atoms with Crippen molar-refractivity contribution in [2.45, 2.75) is 6.10 Å². The molecule has 1 unspecified atom stereocenters. The predicted octanol–water partition coefficient (Wildman–Crippen LogP) is 1.13. The molecule has 0 saturated heterocycles. The Morgan fingerprint density at radius 1 is 1.80 bits per heavy atom. The van der Waals surface area contributed by atoms with Crippen LogP contribution in [0.4, 0.5) is 0 Å². The van der Waals surface area contributed by atoms with Crippen molar-refractivity contribution in [2.75, 3.05) is 19.0 Å². The molecule has 1 N–H and O–H groups in total. The average molecular weight is 180 g/mol. The molecule has 0 heterocycles. The zero-order valence-corrected chi connectivity index (χ0v) is 7.40. The molecule has 2 nitrogen and oxygen atoms in total. The molecule has 1 atom stereocenters. The van der Waals surface area contributed by atoms with Crippen LogP contribution in [0.15, 0.2) is 12.7 Å². The molecule has 0 saturated carbocycles. The maximum absolute atomic E-state index is 9.05. The summed E-state index contributed by atoms with van der Waals surface area (Å²) in [5.74, 6) is 0.597. The lowest BCUT2D eigenvalue weighted by molar-refractivity contribution is 0.0626. The summed E-state index contributed by atoms with van der Waals surface area (Å²) in [5, 5.41) is 9.05. The molecule has 0 aliphatic carbocycles. The topological polar surface area (TPSA) is 29.5 Å². The average Bonchev–Trinajstić information content (AvgIpc) is 1.89. The van der Waals surface area contributed by atoms with Crippen LogP contribution in [-0.2, 0) is 4.74 Å². The number of aliphatic hydroxyl groups excluding tert-OH is 1. The Bertz CT molecular complexity index is 87.8. The number of aliphatic hydroxyl groups is 1. The third-order valence-corrected chi connectivity index (χ3v) is 1.79. The highest BCUT2D eigenvalue weighted by molar-refractivity contribution is 8.68. The van der Waals surface area contributed by atoms with Gasteiger partial charge in [0.15, 0.2) is 0 Å². The number of thiol groups is 1. The third kappa shape index (κ3) is 6.48. The van der Waals surface area contributed by atoms with Gasteiger partial charge in [0.05, 0.1) is 19.3 Å². The summed E-state index contributed by atoms with van der Waals surface area (Å²) in [6.45, 7) is 4.33. The molecule has 0 amide bonds. The fraction of sp³-hybridized carbons (Fsp3) is 0.667. The van der Waals surface area contributed by atoms with Gasteiger partial charge in [0.25, 0.3) is 0 Å². The van der Waals surface area contributed by atoms with E-state index >= 15 is 0 Å². The van der Waals surface area contributed by atoms with Gasteiger partial charge in [0.1, 0.15) is 0 Å². The summed E-state index contributed by atoms with van der Waals surface area (Å²) in [7, 11) is 1.31. The van der Waals surface area contributed by atoms with Gasteiger partial charge in [-0.1, -0.05) is 16.9 Å². The van der Waals surface area contributed by atoms with E-state index in [0.29, 0.717) is 19.0 Å². The quantitative estimate of drug-likeness (QED) is 0.278. The normalized spacial score (nSPS) is 13.0. The Hall–Kier alpha value is 0.360. The van der Waals surface area contributed by atoms with Gasteiger partial charge in [-0.3, -0.25) is 0 Å². The molecule has 0 aromatic heterocycles. The Labute approximate surface area is 70.5 Å². The second-order valence-electron chi connectivity index (χ2n) is 1.78. The van der Waals surface area contributed by atoms with E-state index in [-0.39, 0.29) is 0 Å². The van der Waals surface area contributed by atoms with Gasteiger partial charge < -0.3 is 9.84 Å². The minimum absolute atomic E-state index is 0.361. The number of rotatable bonds is 6. The van der Waals surface area contributed by atoms with E-state index in [1.165, 1.54) is 10.8 Å². The Kier molecular flexibility index (Phi) is 7.74. The molecule has 0 aromatic rings. The standard InChI is InChI=1S/C6H12O2S2/c1-2-3-8-4-6(7)5-10-9/h2,6-7,9H,1,3-5H2. The summed E-state index contributed by atoms with van der Waals surface area (Å²) in [4.78, 5) is 0. The van der Waals surface area contributed by atoms with Crippen LogP contribution in [0, 0.1) is 0 Å². The molecular weight excluding hydrogens is 168 g/mol. The van der Waals surface area contributed by atoms with E-state index in [4.69, 9.17) is 9.84 Å². The highest BCUT2D eigenvalue weighted by atomic mass is 33.1. The molecule has 0 aliphatic rings. The van der Waals surface area contributed by atoms with Crippen molar-refractivity contribution in [3.05, 3.63) is 12.7 Å². The molecule has 10 heavy (non-hydrogen) atoms. The van der Waals surface area contributed by atoms with Crippen molar-refractivity contribution in [3.63, 3.8) is 0 Å². The highest BCUT2D eigenvalue weighted by Crippen LogP contribution is 2.06. The van der Waals surface area contributed by atoms with Crippen LogP contribution in [-0.4, -0.2) is 30.2 Å². The molecule has 0 aliphatic heterocycles. The van der Waals surface area contributed by atoms with Crippen LogP contribution in [0.5, 0.6) is 0 Å². The van der Waals surface area contributed by atoms with Gasteiger partial charge in [-0.15, -0.1) is 18.2 Å². The molecular formula is C6H12O2S2. The van der Waals surface area contributed by atoms with Gasteiger partial charge in [-0.05, 0) is 0 Å². The molecule has 0 bridgehead atoms. The summed E-state index contributed by atoms with van der Waals surface area (Å²) in [5.41, 5.74) is 0. The number of ether oxygens (including phenoxy) is 1. The lowest BCUT2D eigenvalue weighted by Gasteiger charge is -2.06. The van der Waals surface area contributed by atoms with Crippen LogP contribution >= 0.6 is 22.5 Å². The van der Waals surface area contributed by atoms with E-state index in [1.54, 1.807) is 6.08 Å². The van der Waals surface area contributed by atoms with Gasteiger partial charge >= 0.3 is 0 Å². The van der Waals surface area contributed by atoms with Crippen LogP contribution < -0.4 is 0 Å². The molecule has 0 fully saturated rings. The van der Waals surface area contributed by atoms with Crippen LogP contribution in [0.1, 0.15) is 0 Å².